The van der Waals surface area contributed by atoms with Gasteiger partial charge in [0.1, 0.15) is 17.0 Å². The predicted molar refractivity (Wildman–Crippen MR) is 111 cm³/mol. The molecule has 1 aromatic carbocycles. The van der Waals surface area contributed by atoms with Crippen LogP contribution in [-0.4, -0.2) is 36.0 Å². The van der Waals surface area contributed by atoms with E-state index in [0.29, 0.717) is 56.8 Å². The molecule has 0 aliphatic rings. The van der Waals surface area contributed by atoms with Crippen LogP contribution in [0.25, 0.3) is 44.7 Å². The monoisotopic (exact) mass is 401 g/mol. The smallest absolute Gasteiger partial charge is 0.224 e. The number of aromatic nitrogens is 6. The van der Waals surface area contributed by atoms with E-state index < -0.39 is 5.82 Å². The number of fused-ring (bicyclic) bond motifs is 2. The normalized spacial score (nSPS) is 11.3. The summed E-state index contributed by atoms with van der Waals surface area (Å²) in [4.78, 5) is 27.6. The maximum Gasteiger partial charge on any atom is 0.224 e. The lowest BCUT2D eigenvalue weighted by atomic mass is 10.0. The quantitative estimate of drug-likeness (QED) is 0.421. The highest BCUT2D eigenvalue weighted by Gasteiger charge is 2.19. The van der Waals surface area contributed by atoms with Crippen LogP contribution in [0.3, 0.4) is 0 Å². The first-order chi connectivity index (χ1) is 14.6. The van der Waals surface area contributed by atoms with Crippen LogP contribution in [-0.2, 0) is 4.79 Å². The van der Waals surface area contributed by atoms with Gasteiger partial charge < -0.3 is 10.3 Å². The zero-order valence-corrected chi connectivity index (χ0v) is 15.9. The van der Waals surface area contributed by atoms with Crippen molar-refractivity contribution < 1.29 is 9.18 Å². The Morgan fingerprint density at radius 3 is 2.97 bits per heavy atom. The molecule has 0 unspecified atom stereocenters. The Morgan fingerprint density at radius 1 is 1.23 bits per heavy atom. The van der Waals surface area contributed by atoms with Gasteiger partial charge in [-0.15, -0.1) is 0 Å². The third kappa shape index (κ3) is 2.96. The molecule has 0 aliphatic heterocycles. The molecule has 0 fully saturated rings. The number of halogens is 1. The summed E-state index contributed by atoms with van der Waals surface area (Å²) < 4.78 is 15.6. The fourth-order valence-electron chi connectivity index (χ4n) is 3.33. The fourth-order valence-corrected chi connectivity index (χ4v) is 3.33. The van der Waals surface area contributed by atoms with Gasteiger partial charge in [-0.1, -0.05) is 6.92 Å². The van der Waals surface area contributed by atoms with Crippen LogP contribution in [0.4, 0.5) is 10.1 Å². The number of amides is 1. The van der Waals surface area contributed by atoms with Crippen LogP contribution in [0.15, 0.2) is 48.9 Å². The number of imidazole rings is 1. The number of carbonyl (C=O) groups excluding carboxylic acids is 1. The number of carbonyl (C=O) groups is 1. The average Bonchev–Trinajstić information content (AvgIpc) is 3.38. The lowest BCUT2D eigenvalue weighted by Gasteiger charge is -2.08. The molecule has 1 amide bonds. The van der Waals surface area contributed by atoms with Crippen LogP contribution in [0.1, 0.15) is 13.3 Å². The van der Waals surface area contributed by atoms with Gasteiger partial charge in [-0.05, 0) is 30.3 Å². The highest BCUT2D eigenvalue weighted by atomic mass is 19.1. The molecule has 30 heavy (non-hydrogen) atoms. The summed E-state index contributed by atoms with van der Waals surface area (Å²) in [6.07, 6.45) is 5.08. The number of H-pyrrole nitrogens is 2. The van der Waals surface area contributed by atoms with E-state index in [0.717, 1.165) is 0 Å². The minimum atomic E-state index is -0.453. The number of nitrogens with one attached hydrogen (secondary N) is 3. The number of hydrogen-bond donors (Lipinski definition) is 3. The van der Waals surface area contributed by atoms with Crippen molar-refractivity contribution in [2.75, 3.05) is 5.32 Å². The second-order valence-corrected chi connectivity index (χ2v) is 6.74. The first kappa shape index (κ1) is 17.9. The van der Waals surface area contributed by atoms with E-state index in [2.05, 4.69) is 35.5 Å². The number of aromatic amines is 2. The molecule has 148 valence electrons. The van der Waals surface area contributed by atoms with Gasteiger partial charge in [0.2, 0.25) is 5.91 Å². The van der Waals surface area contributed by atoms with Crippen LogP contribution in [0.2, 0.25) is 0 Å². The van der Waals surface area contributed by atoms with Crippen molar-refractivity contribution in [2.24, 2.45) is 0 Å². The Balaban J connectivity index is 1.63. The molecule has 0 saturated carbocycles. The van der Waals surface area contributed by atoms with Gasteiger partial charge in [0, 0.05) is 29.9 Å². The number of pyridine rings is 2. The zero-order chi connectivity index (χ0) is 20.7. The van der Waals surface area contributed by atoms with E-state index in [1.54, 1.807) is 43.6 Å². The fraction of sp³-hybridized carbons (Fsp3) is 0.0952. The van der Waals surface area contributed by atoms with Crippen LogP contribution in [0.5, 0.6) is 0 Å². The van der Waals surface area contributed by atoms with Crippen molar-refractivity contribution in [1.29, 1.82) is 0 Å². The van der Waals surface area contributed by atoms with Gasteiger partial charge in [0.15, 0.2) is 11.5 Å². The molecule has 0 aliphatic carbocycles. The molecule has 0 bridgehead atoms. The summed E-state index contributed by atoms with van der Waals surface area (Å²) in [6, 6.07) is 8.70. The molecular weight excluding hydrogens is 385 g/mol. The van der Waals surface area contributed by atoms with E-state index in [4.69, 9.17) is 0 Å². The van der Waals surface area contributed by atoms with E-state index in [9.17, 15) is 4.79 Å². The van der Waals surface area contributed by atoms with Crippen LogP contribution >= 0.6 is 0 Å². The number of hydrogen-bond acceptors (Lipinski definition) is 5. The Morgan fingerprint density at radius 2 is 2.13 bits per heavy atom. The standard InChI is InChI=1S/C21H16FN7O/c1-2-16(30)25-12-8-11(9-23-10-12)13-5-6-14-17(18(13)22)19(29-28-14)21-26-15-4-3-7-24-20(15)27-21/h3-10H,2H2,1H3,(H,25,30)(H,28,29)(H,24,26,27). The molecule has 0 spiro atoms. The number of benzene rings is 1. The van der Waals surface area contributed by atoms with Gasteiger partial charge in [-0.2, -0.15) is 5.10 Å². The van der Waals surface area contributed by atoms with E-state index in [-0.39, 0.29) is 5.91 Å². The highest BCUT2D eigenvalue weighted by Crippen LogP contribution is 2.34. The summed E-state index contributed by atoms with van der Waals surface area (Å²) in [5.41, 5.74) is 3.58. The maximum atomic E-state index is 15.6. The lowest BCUT2D eigenvalue weighted by Crippen LogP contribution is -2.09. The van der Waals surface area contributed by atoms with Gasteiger partial charge >= 0.3 is 0 Å². The van der Waals surface area contributed by atoms with Gasteiger partial charge in [-0.25, -0.2) is 14.4 Å². The molecule has 4 heterocycles. The number of rotatable bonds is 4. The largest absolute Gasteiger partial charge is 0.325 e. The average molecular weight is 401 g/mol. The molecule has 9 heteroatoms. The summed E-state index contributed by atoms with van der Waals surface area (Å²) in [5.74, 6) is -0.168. The van der Waals surface area contributed by atoms with Crippen LogP contribution in [0, 0.1) is 5.82 Å². The van der Waals surface area contributed by atoms with Crippen molar-refractivity contribution >= 4 is 33.7 Å². The molecular formula is C21H16FN7O. The van der Waals surface area contributed by atoms with Crippen molar-refractivity contribution in [3.63, 3.8) is 0 Å². The molecule has 0 saturated heterocycles. The zero-order valence-electron chi connectivity index (χ0n) is 15.9. The van der Waals surface area contributed by atoms with Gasteiger partial charge in [0.25, 0.3) is 0 Å². The Labute approximate surface area is 169 Å². The van der Waals surface area contributed by atoms with Gasteiger partial charge in [-0.3, -0.25) is 14.9 Å². The Bertz CT molecular complexity index is 1370. The summed E-state index contributed by atoms with van der Waals surface area (Å²) in [7, 11) is 0. The molecule has 3 N–H and O–H groups in total. The SMILES string of the molecule is CCC(=O)Nc1cncc(-c2ccc3[nH]nc(-c4nc5cccnc5[nH]4)c3c2F)c1. The lowest BCUT2D eigenvalue weighted by molar-refractivity contribution is -0.115. The first-order valence-corrected chi connectivity index (χ1v) is 9.37. The predicted octanol–water partition coefficient (Wildman–Crippen LogP) is 4.05. The second-order valence-electron chi connectivity index (χ2n) is 6.74. The Kier molecular flexibility index (Phi) is 4.20. The summed E-state index contributed by atoms with van der Waals surface area (Å²) in [5, 5.41) is 10.2. The van der Waals surface area contributed by atoms with Crippen molar-refractivity contribution in [2.45, 2.75) is 13.3 Å². The van der Waals surface area contributed by atoms with Crippen molar-refractivity contribution in [3.8, 4) is 22.6 Å². The van der Waals surface area contributed by atoms with Crippen molar-refractivity contribution in [3.05, 3.63) is 54.7 Å². The highest BCUT2D eigenvalue weighted by molar-refractivity contribution is 5.96. The Hall–Kier alpha value is -4.14. The number of nitrogens with zero attached hydrogens (tertiary/aromatic N) is 4. The minimum absolute atomic E-state index is 0.138. The topological polar surface area (TPSA) is 112 Å². The first-order valence-electron chi connectivity index (χ1n) is 9.37. The molecule has 5 aromatic rings. The third-order valence-corrected chi connectivity index (χ3v) is 4.80. The summed E-state index contributed by atoms with van der Waals surface area (Å²) >= 11 is 0. The molecule has 0 atom stereocenters. The van der Waals surface area contributed by atoms with E-state index >= 15 is 4.39 Å². The van der Waals surface area contributed by atoms with E-state index in [1.807, 2.05) is 6.07 Å². The van der Waals surface area contributed by atoms with E-state index in [1.165, 1.54) is 6.20 Å². The van der Waals surface area contributed by atoms with Crippen molar-refractivity contribution in [1.82, 2.24) is 30.1 Å². The third-order valence-electron chi connectivity index (χ3n) is 4.80. The maximum absolute atomic E-state index is 15.6. The van der Waals surface area contributed by atoms with Gasteiger partial charge in [0.05, 0.1) is 22.8 Å². The molecule has 8 nitrogen and oxygen atoms in total. The minimum Gasteiger partial charge on any atom is -0.325 e. The molecule has 0 radical (unpaired) electrons. The van der Waals surface area contributed by atoms with Crippen LogP contribution < -0.4 is 5.32 Å². The molecule has 4 aromatic heterocycles. The number of anilines is 1. The second kappa shape index (κ2) is 7.03. The summed E-state index contributed by atoms with van der Waals surface area (Å²) in [6.45, 7) is 1.76. The molecule has 5 rings (SSSR count).